The normalized spacial score (nSPS) is 14.5. The van der Waals surface area contributed by atoms with Crippen LogP contribution >= 0.6 is 12.6 Å². The summed E-state index contributed by atoms with van der Waals surface area (Å²) in [5, 5.41) is 5.56. The molecule has 3 unspecified atom stereocenters. The van der Waals surface area contributed by atoms with Crippen LogP contribution in [-0.2, 0) is 14.4 Å². The van der Waals surface area contributed by atoms with Gasteiger partial charge in [0, 0.05) is 36.7 Å². The summed E-state index contributed by atoms with van der Waals surface area (Å²) in [7, 11) is 0. The molecule has 0 aliphatic rings. The Morgan fingerprint density at radius 3 is 2.50 bits per heavy atom. The summed E-state index contributed by atoms with van der Waals surface area (Å²) in [5.41, 5.74) is 6.02. The molecule has 0 aliphatic heterocycles. The Labute approximate surface area is 151 Å². The molecule has 7 heteroatoms. The maximum Gasteiger partial charge on any atom is 0.219 e. The van der Waals surface area contributed by atoms with E-state index in [2.05, 4.69) is 23.3 Å². The predicted octanol–water partition coefficient (Wildman–Crippen LogP) is 1.57. The largest absolute Gasteiger partial charge is 0.356 e. The number of hydrogen-bond acceptors (Lipinski definition) is 5. The first-order valence-electron chi connectivity index (χ1n) is 8.86. The number of rotatable bonds is 16. The number of aldehydes is 1. The van der Waals surface area contributed by atoms with E-state index in [-0.39, 0.29) is 23.2 Å². The van der Waals surface area contributed by atoms with Crippen molar-refractivity contribution >= 4 is 31.2 Å². The molecule has 0 heterocycles. The molecule has 0 aromatic carbocycles. The number of carbonyl (C=O) groups is 3. The fourth-order valence-corrected chi connectivity index (χ4v) is 2.85. The predicted molar refractivity (Wildman–Crippen MR) is 100 cm³/mol. The molecule has 2 amide bonds. The minimum absolute atomic E-state index is 0.00174. The summed E-state index contributed by atoms with van der Waals surface area (Å²) < 4.78 is 0. The molecule has 0 aliphatic carbocycles. The van der Waals surface area contributed by atoms with Crippen molar-refractivity contribution in [1.29, 1.82) is 0 Å². The van der Waals surface area contributed by atoms with Gasteiger partial charge in [-0.3, -0.25) is 9.59 Å². The van der Waals surface area contributed by atoms with Crippen LogP contribution in [0.4, 0.5) is 0 Å². The van der Waals surface area contributed by atoms with Crippen LogP contribution in [0.2, 0.25) is 0 Å². The molecule has 0 saturated carbocycles. The van der Waals surface area contributed by atoms with E-state index in [1.54, 1.807) is 0 Å². The Bertz CT molecular complexity index is 356. The molecular formula is C17H33N3O3S. The number of amides is 2. The van der Waals surface area contributed by atoms with Gasteiger partial charge in [-0.25, -0.2) is 0 Å². The van der Waals surface area contributed by atoms with E-state index in [9.17, 15) is 14.4 Å². The van der Waals surface area contributed by atoms with Crippen molar-refractivity contribution in [3.05, 3.63) is 0 Å². The van der Waals surface area contributed by atoms with Crippen LogP contribution in [0.1, 0.15) is 64.7 Å². The molecule has 140 valence electrons. The maximum absolute atomic E-state index is 11.7. The van der Waals surface area contributed by atoms with E-state index in [1.165, 1.54) is 0 Å². The molecule has 6 nitrogen and oxygen atoms in total. The van der Waals surface area contributed by atoms with Gasteiger partial charge in [0.25, 0.3) is 0 Å². The number of thiol groups is 1. The zero-order valence-corrected chi connectivity index (χ0v) is 15.6. The van der Waals surface area contributed by atoms with Crippen molar-refractivity contribution in [1.82, 2.24) is 10.6 Å². The Balaban J connectivity index is 3.57. The lowest BCUT2D eigenvalue weighted by atomic mass is 10.0. The highest BCUT2D eigenvalue weighted by atomic mass is 32.1. The summed E-state index contributed by atoms with van der Waals surface area (Å²) in [6, 6.07) is -0.314. The van der Waals surface area contributed by atoms with Gasteiger partial charge >= 0.3 is 0 Å². The molecule has 3 atom stereocenters. The first-order chi connectivity index (χ1) is 11.5. The highest BCUT2D eigenvalue weighted by molar-refractivity contribution is 7.81. The molecule has 0 aromatic heterocycles. The molecule has 24 heavy (non-hydrogen) atoms. The van der Waals surface area contributed by atoms with E-state index in [0.29, 0.717) is 25.8 Å². The fourth-order valence-electron chi connectivity index (χ4n) is 2.41. The van der Waals surface area contributed by atoms with Crippen molar-refractivity contribution in [2.24, 2.45) is 5.73 Å². The van der Waals surface area contributed by atoms with Crippen molar-refractivity contribution in [2.75, 3.05) is 6.54 Å². The van der Waals surface area contributed by atoms with Crippen molar-refractivity contribution < 1.29 is 14.4 Å². The van der Waals surface area contributed by atoms with Gasteiger partial charge < -0.3 is 21.2 Å². The number of carbonyl (C=O) groups excluding carboxylic acids is 3. The van der Waals surface area contributed by atoms with Crippen LogP contribution in [0.15, 0.2) is 0 Å². The van der Waals surface area contributed by atoms with Gasteiger partial charge in [-0.15, -0.1) is 0 Å². The topological polar surface area (TPSA) is 101 Å². The molecule has 0 rings (SSSR count). The highest BCUT2D eigenvalue weighted by Gasteiger charge is 2.19. The molecular weight excluding hydrogens is 326 g/mol. The molecule has 0 saturated heterocycles. The molecule has 0 spiro atoms. The minimum atomic E-state index is -0.202. The van der Waals surface area contributed by atoms with Crippen LogP contribution in [-0.4, -0.2) is 42.5 Å². The van der Waals surface area contributed by atoms with Crippen LogP contribution in [0.25, 0.3) is 0 Å². The van der Waals surface area contributed by atoms with Crippen molar-refractivity contribution in [2.45, 2.75) is 82.0 Å². The van der Waals surface area contributed by atoms with Crippen LogP contribution in [0, 0.1) is 0 Å². The number of unbranched alkanes of at least 4 members (excludes halogenated alkanes) is 5. The van der Waals surface area contributed by atoms with Crippen LogP contribution in [0.5, 0.6) is 0 Å². The van der Waals surface area contributed by atoms with Gasteiger partial charge in [0.05, 0.1) is 0 Å². The second kappa shape index (κ2) is 15.4. The van der Waals surface area contributed by atoms with Gasteiger partial charge in [-0.1, -0.05) is 19.3 Å². The van der Waals surface area contributed by atoms with Crippen LogP contribution < -0.4 is 16.4 Å². The minimum Gasteiger partial charge on any atom is -0.356 e. The summed E-state index contributed by atoms with van der Waals surface area (Å²) in [6.45, 7) is 2.56. The lowest BCUT2D eigenvalue weighted by Crippen LogP contribution is -2.47. The zero-order chi connectivity index (χ0) is 18.2. The molecule has 4 N–H and O–H groups in total. The van der Waals surface area contributed by atoms with E-state index in [1.807, 2.05) is 6.92 Å². The van der Waals surface area contributed by atoms with E-state index in [0.717, 1.165) is 51.2 Å². The Hall–Kier alpha value is -1.08. The monoisotopic (exact) mass is 359 g/mol. The quantitative estimate of drug-likeness (QED) is 0.191. The molecule has 0 aromatic rings. The average Bonchev–Trinajstić information content (AvgIpc) is 2.57. The van der Waals surface area contributed by atoms with Gasteiger partial charge in [0.15, 0.2) is 0 Å². The number of nitrogens with two attached hydrogens (primary N) is 1. The third kappa shape index (κ3) is 12.4. The molecule has 0 fully saturated rings. The summed E-state index contributed by atoms with van der Waals surface area (Å²) in [6.07, 6.45) is 9.23. The van der Waals surface area contributed by atoms with Gasteiger partial charge in [-0.05, 0) is 32.6 Å². The van der Waals surface area contributed by atoms with Crippen molar-refractivity contribution in [3.63, 3.8) is 0 Å². The summed E-state index contributed by atoms with van der Waals surface area (Å²) in [4.78, 5) is 32.3. The zero-order valence-electron chi connectivity index (χ0n) is 14.7. The summed E-state index contributed by atoms with van der Waals surface area (Å²) in [5.74, 6) is 0.0823. The van der Waals surface area contributed by atoms with Gasteiger partial charge in [0.1, 0.15) is 6.29 Å². The number of nitrogens with one attached hydrogen (secondary N) is 2. The third-order valence-corrected chi connectivity index (χ3v) is 4.68. The van der Waals surface area contributed by atoms with Gasteiger partial charge in [0.2, 0.25) is 12.3 Å². The first kappa shape index (κ1) is 22.9. The Morgan fingerprint density at radius 2 is 1.83 bits per heavy atom. The summed E-state index contributed by atoms with van der Waals surface area (Å²) >= 11 is 4.48. The first-order valence-corrected chi connectivity index (χ1v) is 9.38. The van der Waals surface area contributed by atoms with Gasteiger partial charge in [-0.2, -0.15) is 12.6 Å². The lowest BCUT2D eigenvalue weighted by molar-refractivity contribution is -0.121. The van der Waals surface area contributed by atoms with Crippen LogP contribution in [0.3, 0.4) is 0 Å². The smallest absolute Gasteiger partial charge is 0.219 e. The van der Waals surface area contributed by atoms with E-state index in [4.69, 9.17) is 5.73 Å². The second-order valence-corrected chi connectivity index (χ2v) is 6.85. The highest BCUT2D eigenvalue weighted by Crippen LogP contribution is 2.13. The third-order valence-electron chi connectivity index (χ3n) is 4.08. The molecule has 0 bridgehead atoms. The van der Waals surface area contributed by atoms with E-state index < -0.39 is 0 Å². The maximum atomic E-state index is 11.7. The fraction of sp³-hybridized carbons (Fsp3) is 0.824. The standard InChI is InChI=1S/C17H33N3O3S/c1-14(20-13-22)17(18)15(24)9-5-6-10-16(23)19-11-7-3-2-4-8-12-21/h12-15,17,24H,2-11,18H2,1H3,(H,19,23)(H,20,22). The Morgan fingerprint density at radius 1 is 1.12 bits per heavy atom. The Kier molecular flexibility index (Phi) is 14.8. The second-order valence-electron chi connectivity index (χ2n) is 6.18. The van der Waals surface area contributed by atoms with E-state index >= 15 is 0 Å². The molecule has 0 radical (unpaired) electrons. The average molecular weight is 360 g/mol. The number of hydrogen-bond donors (Lipinski definition) is 4. The lowest BCUT2D eigenvalue weighted by Gasteiger charge is -2.24. The van der Waals surface area contributed by atoms with Crippen molar-refractivity contribution in [3.8, 4) is 0 Å². The SMILES string of the molecule is CC(NC=O)C(N)C(S)CCCCC(=O)NCCCCCCC=O.